The van der Waals surface area contributed by atoms with Gasteiger partial charge < -0.3 is 9.84 Å². The predicted molar refractivity (Wildman–Crippen MR) is 48.2 cm³/mol. The summed E-state index contributed by atoms with van der Waals surface area (Å²) >= 11 is 0. The van der Waals surface area contributed by atoms with Crippen molar-refractivity contribution in [2.45, 2.75) is 20.0 Å². The molecule has 1 rings (SSSR count). The maximum absolute atomic E-state index is 13.2. The Kier molecular flexibility index (Phi) is 3.25. The first kappa shape index (κ1) is 9.99. The lowest BCUT2D eigenvalue weighted by Crippen LogP contribution is -1.97. The summed E-state index contributed by atoms with van der Waals surface area (Å²) in [7, 11) is 0. The van der Waals surface area contributed by atoms with E-state index < -0.39 is 11.9 Å². The number of halogens is 1. The van der Waals surface area contributed by atoms with E-state index in [0.717, 1.165) is 0 Å². The average molecular weight is 184 g/mol. The molecule has 0 fully saturated rings. The van der Waals surface area contributed by atoms with Crippen molar-refractivity contribution in [1.82, 2.24) is 0 Å². The molecule has 13 heavy (non-hydrogen) atoms. The van der Waals surface area contributed by atoms with Gasteiger partial charge in [-0.15, -0.1) is 0 Å². The fourth-order valence-electron chi connectivity index (χ4n) is 1.05. The van der Waals surface area contributed by atoms with Crippen LogP contribution in [0.2, 0.25) is 0 Å². The van der Waals surface area contributed by atoms with Crippen LogP contribution in [0.5, 0.6) is 5.75 Å². The zero-order valence-corrected chi connectivity index (χ0v) is 7.75. The molecule has 2 nitrogen and oxygen atoms in total. The van der Waals surface area contributed by atoms with E-state index in [0.29, 0.717) is 12.2 Å². The molecule has 0 bridgehead atoms. The van der Waals surface area contributed by atoms with Crippen LogP contribution in [-0.2, 0) is 0 Å². The van der Waals surface area contributed by atoms with E-state index in [2.05, 4.69) is 0 Å². The highest BCUT2D eigenvalue weighted by Gasteiger charge is 2.06. The molecule has 1 aromatic carbocycles. The summed E-state index contributed by atoms with van der Waals surface area (Å²) in [6.07, 6.45) is -0.648. The first-order chi connectivity index (χ1) is 6.15. The molecule has 0 amide bonds. The molecule has 0 saturated carbocycles. The lowest BCUT2D eigenvalue weighted by atomic mass is 10.1. The van der Waals surface area contributed by atoms with Gasteiger partial charge in [0.15, 0.2) is 11.6 Å². The molecule has 1 atom stereocenters. The van der Waals surface area contributed by atoms with Crippen molar-refractivity contribution in [3.05, 3.63) is 29.6 Å². The van der Waals surface area contributed by atoms with Gasteiger partial charge in [-0.1, -0.05) is 6.07 Å². The fourth-order valence-corrected chi connectivity index (χ4v) is 1.05. The quantitative estimate of drug-likeness (QED) is 0.780. The van der Waals surface area contributed by atoms with Gasteiger partial charge in [0.05, 0.1) is 12.7 Å². The molecule has 1 aromatic rings. The number of ether oxygens (including phenoxy) is 1. The third-order valence-electron chi connectivity index (χ3n) is 1.74. The smallest absolute Gasteiger partial charge is 0.165 e. The molecule has 0 aliphatic carbocycles. The Balaban J connectivity index is 2.92. The Bertz CT molecular complexity index is 284. The van der Waals surface area contributed by atoms with E-state index in [1.807, 2.05) is 0 Å². The Hall–Kier alpha value is -1.09. The van der Waals surface area contributed by atoms with Crippen LogP contribution >= 0.6 is 0 Å². The maximum atomic E-state index is 13.2. The summed E-state index contributed by atoms with van der Waals surface area (Å²) in [5.41, 5.74) is 0.556. The summed E-state index contributed by atoms with van der Waals surface area (Å²) in [6, 6.07) is 4.47. The molecule has 3 heteroatoms. The average Bonchev–Trinajstić information content (AvgIpc) is 2.08. The molecule has 0 aliphatic heterocycles. The summed E-state index contributed by atoms with van der Waals surface area (Å²) in [5, 5.41) is 9.16. The molecule has 0 saturated heterocycles. The van der Waals surface area contributed by atoms with Crippen molar-refractivity contribution in [3.63, 3.8) is 0 Å². The Morgan fingerprint density at radius 2 is 2.23 bits per heavy atom. The van der Waals surface area contributed by atoms with E-state index >= 15 is 0 Å². The Morgan fingerprint density at radius 3 is 2.69 bits per heavy atom. The zero-order valence-electron chi connectivity index (χ0n) is 7.75. The normalized spacial score (nSPS) is 12.6. The SMILES string of the molecule is CCOc1ccc([C@H](C)O)cc1F. The molecule has 0 aliphatic rings. The van der Waals surface area contributed by atoms with Gasteiger partial charge in [-0.3, -0.25) is 0 Å². The van der Waals surface area contributed by atoms with Gasteiger partial charge in [-0.2, -0.15) is 0 Å². The number of rotatable bonds is 3. The lowest BCUT2D eigenvalue weighted by molar-refractivity contribution is 0.198. The standard InChI is InChI=1S/C10H13FO2/c1-3-13-10-5-4-8(7(2)12)6-9(10)11/h4-7,12H,3H2,1-2H3/t7-/m0/s1. The number of hydrogen-bond acceptors (Lipinski definition) is 2. The second kappa shape index (κ2) is 4.23. The van der Waals surface area contributed by atoms with Crippen molar-refractivity contribution in [3.8, 4) is 5.75 Å². The van der Waals surface area contributed by atoms with Crippen molar-refractivity contribution in [1.29, 1.82) is 0 Å². The second-order valence-electron chi connectivity index (χ2n) is 2.80. The molecule has 0 unspecified atom stereocenters. The van der Waals surface area contributed by atoms with Crippen molar-refractivity contribution >= 4 is 0 Å². The number of aliphatic hydroxyl groups is 1. The molecule has 0 radical (unpaired) electrons. The highest BCUT2D eigenvalue weighted by Crippen LogP contribution is 2.21. The summed E-state index contributed by atoms with van der Waals surface area (Å²) in [6.45, 7) is 3.82. The van der Waals surface area contributed by atoms with E-state index in [1.165, 1.54) is 12.1 Å². The minimum absolute atomic E-state index is 0.229. The molecule has 1 N–H and O–H groups in total. The maximum Gasteiger partial charge on any atom is 0.165 e. The Morgan fingerprint density at radius 1 is 1.54 bits per heavy atom. The highest BCUT2D eigenvalue weighted by atomic mass is 19.1. The van der Waals surface area contributed by atoms with Gasteiger partial charge in [0.1, 0.15) is 0 Å². The highest BCUT2D eigenvalue weighted by molar-refractivity contribution is 5.30. The first-order valence-electron chi connectivity index (χ1n) is 4.25. The van der Waals surface area contributed by atoms with E-state index in [-0.39, 0.29) is 5.75 Å². The molecule has 0 aromatic heterocycles. The lowest BCUT2D eigenvalue weighted by Gasteiger charge is -2.08. The first-order valence-corrected chi connectivity index (χ1v) is 4.25. The molecule has 0 heterocycles. The molecular weight excluding hydrogens is 171 g/mol. The minimum Gasteiger partial charge on any atom is -0.491 e. The van der Waals surface area contributed by atoms with Gasteiger partial charge >= 0.3 is 0 Å². The topological polar surface area (TPSA) is 29.5 Å². The molecule has 72 valence electrons. The second-order valence-corrected chi connectivity index (χ2v) is 2.80. The van der Waals surface area contributed by atoms with Crippen molar-refractivity contribution in [2.24, 2.45) is 0 Å². The fraction of sp³-hybridized carbons (Fsp3) is 0.400. The molecule has 0 spiro atoms. The largest absolute Gasteiger partial charge is 0.491 e. The van der Waals surface area contributed by atoms with Crippen LogP contribution in [0, 0.1) is 5.82 Å². The van der Waals surface area contributed by atoms with E-state index in [4.69, 9.17) is 9.84 Å². The van der Waals surface area contributed by atoms with Crippen LogP contribution in [0.1, 0.15) is 25.5 Å². The van der Waals surface area contributed by atoms with Crippen LogP contribution in [0.3, 0.4) is 0 Å². The summed E-state index contributed by atoms with van der Waals surface area (Å²) in [4.78, 5) is 0. The van der Waals surface area contributed by atoms with Crippen LogP contribution in [-0.4, -0.2) is 11.7 Å². The van der Waals surface area contributed by atoms with Gasteiger partial charge in [0, 0.05) is 0 Å². The summed E-state index contributed by atoms with van der Waals surface area (Å²) < 4.78 is 18.2. The van der Waals surface area contributed by atoms with Gasteiger partial charge in [0.25, 0.3) is 0 Å². The van der Waals surface area contributed by atoms with Gasteiger partial charge in [0.2, 0.25) is 0 Å². The van der Waals surface area contributed by atoms with E-state index in [9.17, 15) is 4.39 Å². The zero-order chi connectivity index (χ0) is 9.84. The summed E-state index contributed by atoms with van der Waals surface area (Å²) in [5.74, 6) is -0.202. The van der Waals surface area contributed by atoms with Crippen molar-refractivity contribution in [2.75, 3.05) is 6.61 Å². The van der Waals surface area contributed by atoms with Crippen molar-refractivity contribution < 1.29 is 14.2 Å². The van der Waals surface area contributed by atoms with Crippen LogP contribution < -0.4 is 4.74 Å². The van der Waals surface area contributed by atoms with Crippen LogP contribution in [0.15, 0.2) is 18.2 Å². The predicted octanol–water partition coefficient (Wildman–Crippen LogP) is 2.28. The van der Waals surface area contributed by atoms with Crippen LogP contribution in [0.25, 0.3) is 0 Å². The van der Waals surface area contributed by atoms with E-state index in [1.54, 1.807) is 19.9 Å². The number of aliphatic hydroxyl groups excluding tert-OH is 1. The Labute approximate surface area is 77.0 Å². The monoisotopic (exact) mass is 184 g/mol. The third-order valence-corrected chi connectivity index (χ3v) is 1.74. The van der Waals surface area contributed by atoms with Gasteiger partial charge in [-0.05, 0) is 31.5 Å². The molecular formula is C10H13FO2. The number of benzene rings is 1. The third kappa shape index (κ3) is 2.42. The van der Waals surface area contributed by atoms with Gasteiger partial charge in [-0.25, -0.2) is 4.39 Å². The number of hydrogen-bond donors (Lipinski definition) is 1. The minimum atomic E-state index is -0.648. The van der Waals surface area contributed by atoms with Crippen LogP contribution in [0.4, 0.5) is 4.39 Å².